The molecule has 0 aliphatic carbocycles. The quantitative estimate of drug-likeness (QED) is 0.387. The van der Waals surface area contributed by atoms with Gasteiger partial charge in [-0.05, 0) is 60.2 Å². The summed E-state index contributed by atoms with van der Waals surface area (Å²) in [6, 6.07) is 19.2. The van der Waals surface area contributed by atoms with E-state index in [4.69, 9.17) is 0 Å². The van der Waals surface area contributed by atoms with Gasteiger partial charge in [0, 0.05) is 16.2 Å². The molecule has 0 atom stereocenters. The fourth-order valence-corrected chi connectivity index (χ4v) is 3.50. The molecule has 3 aromatic carbocycles. The van der Waals surface area contributed by atoms with Crippen molar-refractivity contribution in [2.75, 3.05) is 11.6 Å². The van der Waals surface area contributed by atoms with E-state index in [9.17, 15) is 18.8 Å². The number of fused-ring (bicyclic) bond motifs is 1. The van der Waals surface area contributed by atoms with Crippen molar-refractivity contribution < 1.29 is 18.8 Å². The molecule has 0 bridgehead atoms. The van der Waals surface area contributed by atoms with Gasteiger partial charge in [-0.1, -0.05) is 40.2 Å². The van der Waals surface area contributed by atoms with Crippen LogP contribution in [0.1, 0.15) is 26.3 Å². The summed E-state index contributed by atoms with van der Waals surface area (Å²) in [5.74, 6) is -1.69. The number of imide groups is 1. The molecule has 0 fully saturated rings. The maximum Gasteiger partial charge on any atom is 0.263 e. The van der Waals surface area contributed by atoms with Gasteiger partial charge in [-0.3, -0.25) is 24.2 Å². The highest BCUT2D eigenvalue weighted by Crippen LogP contribution is 2.25. The van der Waals surface area contributed by atoms with E-state index in [1.54, 1.807) is 66.7 Å². The first-order valence-electron chi connectivity index (χ1n) is 9.40. The first kappa shape index (κ1) is 20.7. The summed E-state index contributed by atoms with van der Waals surface area (Å²) in [7, 11) is 0. The van der Waals surface area contributed by atoms with Gasteiger partial charge in [-0.2, -0.15) is 0 Å². The van der Waals surface area contributed by atoms with Crippen LogP contribution >= 0.6 is 15.9 Å². The number of amides is 3. The molecule has 154 valence electrons. The van der Waals surface area contributed by atoms with Gasteiger partial charge in [0.15, 0.2) is 0 Å². The second-order valence-corrected chi connectivity index (χ2v) is 7.77. The van der Waals surface area contributed by atoms with Gasteiger partial charge in [0.25, 0.3) is 17.7 Å². The Bertz CT molecular complexity index is 1160. The monoisotopic (exact) mass is 478 g/mol. The summed E-state index contributed by atoms with van der Waals surface area (Å²) in [4.78, 5) is 41.0. The van der Waals surface area contributed by atoms with Crippen molar-refractivity contribution in [3.05, 3.63) is 106 Å². The SMILES string of the molecule is O=C1c2ccccc2C(=O)N1CN(C(=O)C=Cc1ccc(F)cc1)c1ccc(Br)cc1. The molecule has 0 spiro atoms. The zero-order valence-corrected chi connectivity index (χ0v) is 17.8. The molecule has 1 aliphatic rings. The van der Waals surface area contributed by atoms with Crippen LogP contribution in [0.3, 0.4) is 0 Å². The smallest absolute Gasteiger partial charge is 0.263 e. The Balaban J connectivity index is 1.63. The van der Waals surface area contributed by atoms with Crippen molar-refractivity contribution in [1.82, 2.24) is 4.90 Å². The molecular formula is C24H16BrFN2O3. The zero-order valence-electron chi connectivity index (χ0n) is 16.2. The minimum atomic E-state index is -0.446. The van der Waals surface area contributed by atoms with Crippen molar-refractivity contribution in [2.24, 2.45) is 0 Å². The highest BCUT2D eigenvalue weighted by atomic mass is 79.9. The lowest BCUT2D eigenvalue weighted by molar-refractivity contribution is -0.114. The first-order valence-corrected chi connectivity index (χ1v) is 10.2. The summed E-state index contributed by atoms with van der Waals surface area (Å²) in [5.41, 5.74) is 1.80. The fraction of sp³-hybridized carbons (Fsp3) is 0.0417. The minimum absolute atomic E-state index is 0.236. The van der Waals surface area contributed by atoms with Crippen molar-refractivity contribution in [1.29, 1.82) is 0 Å². The minimum Gasteiger partial charge on any atom is -0.290 e. The second-order valence-electron chi connectivity index (χ2n) is 6.85. The molecule has 1 aliphatic heterocycles. The van der Waals surface area contributed by atoms with Crippen molar-refractivity contribution in [2.45, 2.75) is 0 Å². The predicted octanol–water partition coefficient (Wildman–Crippen LogP) is 4.89. The van der Waals surface area contributed by atoms with Crippen LogP contribution in [0.2, 0.25) is 0 Å². The van der Waals surface area contributed by atoms with Crippen molar-refractivity contribution in [3.8, 4) is 0 Å². The molecule has 0 aromatic heterocycles. The van der Waals surface area contributed by atoms with Gasteiger partial charge >= 0.3 is 0 Å². The molecule has 4 rings (SSSR count). The van der Waals surface area contributed by atoms with E-state index < -0.39 is 17.7 Å². The summed E-state index contributed by atoms with van der Waals surface area (Å²) < 4.78 is 13.9. The van der Waals surface area contributed by atoms with E-state index >= 15 is 0 Å². The van der Waals surface area contributed by atoms with Crippen LogP contribution in [-0.2, 0) is 4.79 Å². The third-order valence-corrected chi connectivity index (χ3v) is 5.38. The van der Waals surface area contributed by atoms with Gasteiger partial charge in [0.1, 0.15) is 12.5 Å². The van der Waals surface area contributed by atoms with E-state index in [0.717, 1.165) is 9.37 Å². The number of hydrogen-bond donors (Lipinski definition) is 0. The van der Waals surface area contributed by atoms with Gasteiger partial charge in [-0.25, -0.2) is 4.39 Å². The number of benzene rings is 3. The molecule has 3 aromatic rings. The van der Waals surface area contributed by atoms with Gasteiger partial charge in [0.05, 0.1) is 11.1 Å². The van der Waals surface area contributed by atoms with Crippen LogP contribution in [0.5, 0.6) is 0 Å². The number of hydrogen-bond acceptors (Lipinski definition) is 3. The molecular weight excluding hydrogens is 463 g/mol. The van der Waals surface area contributed by atoms with Crippen LogP contribution in [0, 0.1) is 5.82 Å². The molecule has 31 heavy (non-hydrogen) atoms. The summed E-state index contributed by atoms with van der Waals surface area (Å²) in [6.07, 6.45) is 2.88. The molecule has 3 amide bonds. The molecule has 0 radical (unpaired) electrons. The molecule has 0 unspecified atom stereocenters. The van der Waals surface area contributed by atoms with Gasteiger partial charge in [0.2, 0.25) is 0 Å². The Morgan fingerprint density at radius 3 is 2.06 bits per heavy atom. The molecule has 0 saturated heterocycles. The lowest BCUT2D eigenvalue weighted by atomic mass is 10.1. The predicted molar refractivity (Wildman–Crippen MR) is 119 cm³/mol. The summed E-state index contributed by atoms with van der Waals surface area (Å²) >= 11 is 3.36. The second kappa shape index (κ2) is 8.65. The fourth-order valence-electron chi connectivity index (χ4n) is 3.24. The van der Waals surface area contributed by atoms with Crippen LogP contribution in [-0.4, -0.2) is 29.3 Å². The Morgan fingerprint density at radius 1 is 0.903 bits per heavy atom. The molecule has 7 heteroatoms. The van der Waals surface area contributed by atoms with E-state index in [1.807, 2.05) is 0 Å². The van der Waals surface area contributed by atoms with E-state index in [2.05, 4.69) is 15.9 Å². The lowest BCUT2D eigenvalue weighted by Gasteiger charge is -2.26. The average Bonchev–Trinajstić information content (AvgIpc) is 3.02. The number of nitrogens with zero attached hydrogens (tertiary/aromatic N) is 2. The number of carbonyl (C=O) groups excluding carboxylic acids is 3. The number of anilines is 1. The van der Waals surface area contributed by atoms with Gasteiger partial charge in [-0.15, -0.1) is 0 Å². The standard InChI is InChI=1S/C24H16BrFN2O3/c25-17-8-12-19(13-9-17)27(22(29)14-7-16-5-10-18(26)11-6-16)15-28-23(30)20-3-1-2-4-21(20)24(28)31/h1-14H,15H2. The zero-order chi connectivity index (χ0) is 22.0. The first-order chi connectivity index (χ1) is 14.9. The van der Waals surface area contributed by atoms with Gasteiger partial charge < -0.3 is 0 Å². The average molecular weight is 479 g/mol. The number of carbonyl (C=O) groups is 3. The van der Waals surface area contributed by atoms with Crippen LogP contribution < -0.4 is 4.90 Å². The maximum absolute atomic E-state index is 13.1. The maximum atomic E-state index is 13.1. The Kier molecular flexibility index (Phi) is 5.77. The third-order valence-electron chi connectivity index (χ3n) is 4.85. The Morgan fingerprint density at radius 2 is 1.48 bits per heavy atom. The normalized spacial score (nSPS) is 13.0. The highest BCUT2D eigenvalue weighted by molar-refractivity contribution is 9.10. The van der Waals surface area contributed by atoms with E-state index in [1.165, 1.54) is 23.1 Å². The molecule has 1 heterocycles. The topological polar surface area (TPSA) is 57.7 Å². The largest absolute Gasteiger partial charge is 0.290 e. The van der Waals surface area contributed by atoms with Crippen molar-refractivity contribution >= 4 is 45.4 Å². The number of halogens is 2. The molecule has 0 N–H and O–H groups in total. The lowest BCUT2D eigenvalue weighted by Crippen LogP contribution is -2.43. The summed E-state index contributed by atoms with van der Waals surface area (Å²) in [5, 5.41) is 0. The Labute approximate surface area is 186 Å². The molecule has 5 nitrogen and oxygen atoms in total. The Hall–Kier alpha value is -3.58. The number of rotatable bonds is 5. The molecule has 0 saturated carbocycles. The third kappa shape index (κ3) is 4.32. The van der Waals surface area contributed by atoms with Crippen LogP contribution in [0.15, 0.2) is 83.3 Å². The summed E-state index contributed by atoms with van der Waals surface area (Å²) in [6.45, 7) is -0.236. The van der Waals surface area contributed by atoms with Crippen LogP contribution in [0.25, 0.3) is 6.08 Å². The van der Waals surface area contributed by atoms with Crippen molar-refractivity contribution in [3.63, 3.8) is 0 Å². The van der Waals surface area contributed by atoms with E-state index in [0.29, 0.717) is 22.4 Å². The van der Waals surface area contributed by atoms with Crippen LogP contribution in [0.4, 0.5) is 10.1 Å². The highest BCUT2D eigenvalue weighted by Gasteiger charge is 2.36. The van der Waals surface area contributed by atoms with E-state index in [-0.39, 0.29) is 12.5 Å².